The zero-order valence-electron chi connectivity index (χ0n) is 6.81. The van der Waals surface area contributed by atoms with Gasteiger partial charge in [0.15, 0.2) is 0 Å². The number of pyridine rings is 1. The first-order valence-electron chi connectivity index (χ1n) is 3.83. The summed E-state index contributed by atoms with van der Waals surface area (Å²) < 4.78 is 0. The van der Waals surface area contributed by atoms with Crippen LogP contribution in [0.3, 0.4) is 0 Å². The Labute approximate surface area is 74.0 Å². The maximum atomic E-state index is 8.12. The van der Waals surface area contributed by atoms with Crippen molar-refractivity contribution in [1.29, 1.82) is 0 Å². The second-order valence-electron chi connectivity index (χ2n) is 2.63. The molecule has 0 bridgehead atoms. The third kappa shape index (κ3) is 1.45. The van der Waals surface area contributed by atoms with Crippen molar-refractivity contribution < 1.29 is 0 Å². The molecule has 0 atom stereocenters. The highest BCUT2D eigenvalue weighted by molar-refractivity contribution is 5.78. The highest BCUT2D eigenvalue weighted by Gasteiger charge is 1.96. The van der Waals surface area contributed by atoms with Crippen LogP contribution in [0.25, 0.3) is 21.3 Å². The second kappa shape index (κ2) is 3.16. The van der Waals surface area contributed by atoms with Crippen molar-refractivity contribution in [1.82, 2.24) is 9.97 Å². The van der Waals surface area contributed by atoms with Crippen LogP contribution in [0, 0.1) is 0 Å². The largest absolute Gasteiger partial charge is 0.361 e. The summed E-state index contributed by atoms with van der Waals surface area (Å²) in [5.41, 5.74) is 9.91. The van der Waals surface area contributed by atoms with E-state index in [1.54, 1.807) is 6.20 Å². The standard InChI is InChI=1S/C8H7N5/c9-13-12-5-7-3-8-6(4-11-7)1-2-10-8/h1-4,10H,5H2. The Bertz CT molecular complexity index is 466. The van der Waals surface area contributed by atoms with E-state index < -0.39 is 0 Å². The highest BCUT2D eigenvalue weighted by atomic mass is 15.1. The SMILES string of the molecule is [N-]=[N+]=NCc1cc2[nH]ccc2cn1. The Hall–Kier alpha value is -2.00. The van der Waals surface area contributed by atoms with Crippen molar-refractivity contribution in [3.63, 3.8) is 0 Å². The maximum Gasteiger partial charge on any atom is 0.0685 e. The minimum absolute atomic E-state index is 0.297. The fourth-order valence-corrected chi connectivity index (χ4v) is 1.18. The fraction of sp³-hybridized carbons (Fsp3) is 0.125. The van der Waals surface area contributed by atoms with Crippen molar-refractivity contribution in [3.05, 3.63) is 40.7 Å². The van der Waals surface area contributed by atoms with Crippen molar-refractivity contribution in [2.45, 2.75) is 6.54 Å². The fourth-order valence-electron chi connectivity index (χ4n) is 1.18. The Morgan fingerprint density at radius 3 is 3.38 bits per heavy atom. The first kappa shape index (κ1) is 7.64. The highest BCUT2D eigenvalue weighted by Crippen LogP contribution is 2.11. The van der Waals surface area contributed by atoms with Crippen LogP contribution >= 0.6 is 0 Å². The van der Waals surface area contributed by atoms with Crippen molar-refractivity contribution >= 4 is 10.9 Å². The molecule has 0 amide bonds. The number of hydrogen-bond acceptors (Lipinski definition) is 2. The van der Waals surface area contributed by atoms with Crippen LogP contribution in [0.4, 0.5) is 0 Å². The molecule has 2 rings (SSSR count). The summed E-state index contributed by atoms with van der Waals surface area (Å²) in [6.07, 6.45) is 3.61. The van der Waals surface area contributed by atoms with E-state index in [9.17, 15) is 0 Å². The quantitative estimate of drug-likeness (QED) is 0.422. The van der Waals surface area contributed by atoms with Crippen LogP contribution < -0.4 is 0 Å². The van der Waals surface area contributed by atoms with Crippen LogP contribution in [0.2, 0.25) is 0 Å². The van der Waals surface area contributed by atoms with Gasteiger partial charge in [0.25, 0.3) is 0 Å². The van der Waals surface area contributed by atoms with Gasteiger partial charge in [-0.3, -0.25) is 4.98 Å². The maximum absolute atomic E-state index is 8.12. The van der Waals surface area contributed by atoms with E-state index in [-0.39, 0.29) is 0 Å². The summed E-state index contributed by atoms with van der Waals surface area (Å²) >= 11 is 0. The number of rotatable bonds is 2. The molecule has 2 aromatic heterocycles. The van der Waals surface area contributed by atoms with Gasteiger partial charge in [-0.05, 0) is 17.7 Å². The number of nitrogens with one attached hydrogen (secondary N) is 1. The lowest BCUT2D eigenvalue weighted by Gasteiger charge is -1.94. The lowest BCUT2D eigenvalue weighted by Crippen LogP contribution is -1.85. The van der Waals surface area contributed by atoms with Gasteiger partial charge < -0.3 is 4.98 Å². The summed E-state index contributed by atoms with van der Waals surface area (Å²) in [5, 5.41) is 4.50. The summed E-state index contributed by atoms with van der Waals surface area (Å²) in [4.78, 5) is 9.87. The first-order valence-corrected chi connectivity index (χ1v) is 3.83. The van der Waals surface area contributed by atoms with E-state index in [1.165, 1.54) is 0 Å². The monoisotopic (exact) mass is 173 g/mol. The predicted molar refractivity (Wildman–Crippen MR) is 48.9 cm³/mol. The molecule has 2 aromatic rings. The van der Waals surface area contributed by atoms with E-state index in [0.717, 1.165) is 16.6 Å². The van der Waals surface area contributed by atoms with E-state index >= 15 is 0 Å². The smallest absolute Gasteiger partial charge is 0.0685 e. The zero-order chi connectivity index (χ0) is 9.10. The lowest BCUT2D eigenvalue weighted by atomic mass is 10.3. The van der Waals surface area contributed by atoms with Crippen LogP contribution in [0.15, 0.2) is 29.6 Å². The van der Waals surface area contributed by atoms with Crippen LogP contribution in [0.1, 0.15) is 5.69 Å². The number of fused-ring (bicyclic) bond motifs is 1. The topological polar surface area (TPSA) is 77.4 Å². The zero-order valence-corrected chi connectivity index (χ0v) is 6.81. The van der Waals surface area contributed by atoms with Crippen molar-refractivity contribution in [2.75, 3.05) is 0 Å². The Balaban J connectivity index is 2.42. The van der Waals surface area contributed by atoms with Crippen LogP contribution in [-0.2, 0) is 6.54 Å². The second-order valence-corrected chi connectivity index (χ2v) is 2.63. The molecule has 1 N–H and O–H groups in total. The van der Waals surface area contributed by atoms with Gasteiger partial charge in [0.1, 0.15) is 0 Å². The predicted octanol–water partition coefficient (Wildman–Crippen LogP) is 2.37. The van der Waals surface area contributed by atoms with Gasteiger partial charge in [-0.1, -0.05) is 5.11 Å². The van der Waals surface area contributed by atoms with Gasteiger partial charge in [-0.2, -0.15) is 0 Å². The molecule has 0 radical (unpaired) electrons. The van der Waals surface area contributed by atoms with Crippen molar-refractivity contribution in [2.24, 2.45) is 5.11 Å². The third-order valence-electron chi connectivity index (χ3n) is 1.79. The van der Waals surface area contributed by atoms with Gasteiger partial charge in [0, 0.05) is 33.9 Å². The molecule has 0 aliphatic carbocycles. The number of aromatic amines is 1. The molecule has 0 spiro atoms. The number of H-pyrrole nitrogens is 1. The number of aromatic nitrogens is 2. The Kier molecular flexibility index (Phi) is 1.86. The van der Waals surface area contributed by atoms with Gasteiger partial charge in [0.05, 0.1) is 6.54 Å². The van der Waals surface area contributed by atoms with E-state index in [0.29, 0.717) is 6.54 Å². The van der Waals surface area contributed by atoms with Crippen molar-refractivity contribution in [3.8, 4) is 0 Å². The molecule has 0 fully saturated rings. The summed E-state index contributed by atoms with van der Waals surface area (Å²) in [7, 11) is 0. The Morgan fingerprint density at radius 1 is 1.62 bits per heavy atom. The summed E-state index contributed by atoms with van der Waals surface area (Å²) in [6.45, 7) is 0.297. The van der Waals surface area contributed by atoms with E-state index in [4.69, 9.17) is 5.53 Å². The molecule has 0 unspecified atom stereocenters. The molecular weight excluding hydrogens is 166 g/mol. The number of nitrogens with zero attached hydrogens (tertiary/aromatic N) is 4. The molecule has 0 saturated carbocycles. The van der Waals surface area contributed by atoms with Gasteiger partial charge in [-0.15, -0.1) is 0 Å². The third-order valence-corrected chi connectivity index (χ3v) is 1.79. The molecule has 2 heterocycles. The molecule has 64 valence electrons. The van der Waals surface area contributed by atoms with Gasteiger partial charge in [0.2, 0.25) is 0 Å². The van der Waals surface area contributed by atoms with Crippen LogP contribution in [-0.4, -0.2) is 9.97 Å². The Morgan fingerprint density at radius 2 is 2.54 bits per heavy atom. The summed E-state index contributed by atoms with van der Waals surface area (Å²) in [5.74, 6) is 0. The molecule has 0 aliphatic heterocycles. The first-order chi connectivity index (χ1) is 6.40. The lowest BCUT2D eigenvalue weighted by molar-refractivity contribution is 0.982. The molecule has 0 saturated heterocycles. The molecular formula is C8H7N5. The van der Waals surface area contributed by atoms with E-state index in [1.807, 2.05) is 18.3 Å². The average Bonchev–Trinajstić information content (AvgIpc) is 2.61. The number of hydrogen-bond donors (Lipinski definition) is 1. The van der Waals surface area contributed by atoms with Crippen LogP contribution in [0.5, 0.6) is 0 Å². The molecule has 5 nitrogen and oxygen atoms in total. The molecule has 5 heteroatoms. The van der Waals surface area contributed by atoms with E-state index in [2.05, 4.69) is 20.0 Å². The molecule has 13 heavy (non-hydrogen) atoms. The number of azide groups is 1. The summed E-state index contributed by atoms with van der Waals surface area (Å²) in [6, 6.07) is 3.82. The molecule has 0 aromatic carbocycles. The van der Waals surface area contributed by atoms with Gasteiger partial charge >= 0.3 is 0 Å². The average molecular weight is 173 g/mol. The molecule has 0 aliphatic rings. The van der Waals surface area contributed by atoms with Gasteiger partial charge in [-0.25, -0.2) is 0 Å². The minimum atomic E-state index is 0.297. The minimum Gasteiger partial charge on any atom is -0.361 e. The normalized spacial score (nSPS) is 9.85.